The zero-order valence-corrected chi connectivity index (χ0v) is 11.3. The van der Waals surface area contributed by atoms with Crippen LogP contribution in [-0.2, 0) is 0 Å². The molecule has 18 heavy (non-hydrogen) atoms. The van der Waals surface area contributed by atoms with Gasteiger partial charge in [-0.25, -0.2) is 4.79 Å². The van der Waals surface area contributed by atoms with Crippen LogP contribution in [-0.4, -0.2) is 17.6 Å². The molecule has 0 amide bonds. The van der Waals surface area contributed by atoms with Crippen LogP contribution in [0.1, 0.15) is 44.0 Å². The molecule has 4 nitrogen and oxygen atoms in total. The first-order valence-corrected chi connectivity index (χ1v) is 6.22. The number of nitrogens with two attached hydrogens (primary N) is 1. The monoisotopic (exact) mass is 250 g/mol. The predicted molar refractivity (Wildman–Crippen MR) is 75.0 cm³/mol. The van der Waals surface area contributed by atoms with Gasteiger partial charge in [-0.05, 0) is 30.0 Å². The first kappa shape index (κ1) is 14.4. The Bertz CT molecular complexity index is 428. The molecule has 0 spiro atoms. The quantitative estimate of drug-likeness (QED) is 0.678. The van der Waals surface area contributed by atoms with E-state index in [1.165, 1.54) is 6.07 Å². The normalized spacial score (nSPS) is 11.3. The van der Waals surface area contributed by atoms with Crippen molar-refractivity contribution in [2.45, 2.75) is 33.6 Å². The van der Waals surface area contributed by atoms with E-state index in [2.05, 4.69) is 26.1 Å². The second-order valence-corrected chi connectivity index (χ2v) is 5.37. The molecular weight excluding hydrogens is 228 g/mol. The van der Waals surface area contributed by atoms with E-state index in [-0.39, 0.29) is 11.0 Å². The van der Waals surface area contributed by atoms with Crippen molar-refractivity contribution >= 4 is 17.3 Å². The number of carbonyl (C=O) groups is 1. The maximum absolute atomic E-state index is 10.8. The molecule has 1 aromatic rings. The van der Waals surface area contributed by atoms with Crippen molar-refractivity contribution < 1.29 is 9.90 Å². The summed E-state index contributed by atoms with van der Waals surface area (Å²) in [6.07, 6.45) is 2.27. The Morgan fingerprint density at radius 3 is 2.61 bits per heavy atom. The molecule has 0 bridgehead atoms. The lowest BCUT2D eigenvalue weighted by Gasteiger charge is -2.25. The van der Waals surface area contributed by atoms with Gasteiger partial charge in [-0.2, -0.15) is 0 Å². The number of hydrogen-bond acceptors (Lipinski definition) is 3. The molecule has 0 unspecified atom stereocenters. The van der Waals surface area contributed by atoms with Gasteiger partial charge in [0.1, 0.15) is 0 Å². The average molecular weight is 250 g/mol. The number of anilines is 2. The van der Waals surface area contributed by atoms with Crippen LogP contribution in [0.5, 0.6) is 0 Å². The third kappa shape index (κ3) is 3.95. The summed E-state index contributed by atoms with van der Waals surface area (Å²) in [6, 6.07) is 4.77. The van der Waals surface area contributed by atoms with Gasteiger partial charge in [0, 0.05) is 6.54 Å². The largest absolute Gasteiger partial charge is 0.478 e. The zero-order chi connectivity index (χ0) is 13.8. The van der Waals surface area contributed by atoms with E-state index >= 15 is 0 Å². The van der Waals surface area contributed by atoms with Gasteiger partial charge in [-0.1, -0.05) is 27.2 Å². The van der Waals surface area contributed by atoms with Crippen LogP contribution in [0.4, 0.5) is 11.4 Å². The van der Waals surface area contributed by atoms with Gasteiger partial charge in [-0.3, -0.25) is 0 Å². The van der Waals surface area contributed by atoms with E-state index in [0.29, 0.717) is 5.69 Å². The van der Waals surface area contributed by atoms with Crippen LogP contribution in [0.2, 0.25) is 0 Å². The SMILES string of the molecule is CCCC(C)(C)CNc1ccc(C(=O)O)cc1N. The van der Waals surface area contributed by atoms with Gasteiger partial charge in [0.15, 0.2) is 0 Å². The van der Waals surface area contributed by atoms with Crippen molar-refractivity contribution in [2.75, 3.05) is 17.6 Å². The molecule has 0 radical (unpaired) electrons. The van der Waals surface area contributed by atoms with Crippen LogP contribution >= 0.6 is 0 Å². The summed E-state index contributed by atoms with van der Waals surface area (Å²) in [5.41, 5.74) is 7.52. The van der Waals surface area contributed by atoms with Crippen LogP contribution in [0, 0.1) is 5.41 Å². The maximum Gasteiger partial charge on any atom is 0.335 e. The Balaban J connectivity index is 2.71. The van der Waals surface area contributed by atoms with Crippen molar-refractivity contribution in [3.05, 3.63) is 23.8 Å². The minimum Gasteiger partial charge on any atom is -0.478 e. The van der Waals surface area contributed by atoms with Crippen LogP contribution in [0.25, 0.3) is 0 Å². The van der Waals surface area contributed by atoms with Gasteiger partial charge < -0.3 is 16.2 Å². The molecule has 100 valence electrons. The summed E-state index contributed by atoms with van der Waals surface area (Å²) in [4.78, 5) is 10.8. The van der Waals surface area contributed by atoms with Gasteiger partial charge in [0.05, 0.1) is 16.9 Å². The third-order valence-electron chi connectivity index (χ3n) is 2.98. The van der Waals surface area contributed by atoms with E-state index in [0.717, 1.165) is 25.1 Å². The smallest absolute Gasteiger partial charge is 0.335 e. The highest BCUT2D eigenvalue weighted by Crippen LogP contribution is 2.25. The lowest BCUT2D eigenvalue weighted by atomic mass is 9.88. The molecule has 0 aliphatic rings. The fourth-order valence-electron chi connectivity index (χ4n) is 1.96. The maximum atomic E-state index is 10.8. The summed E-state index contributed by atoms with van der Waals surface area (Å²) in [7, 11) is 0. The first-order valence-electron chi connectivity index (χ1n) is 6.22. The number of hydrogen-bond donors (Lipinski definition) is 3. The average Bonchev–Trinajstić information content (AvgIpc) is 2.27. The van der Waals surface area contributed by atoms with E-state index in [1.54, 1.807) is 12.1 Å². The highest BCUT2D eigenvalue weighted by Gasteiger charge is 2.16. The fourth-order valence-corrected chi connectivity index (χ4v) is 1.96. The molecular formula is C14H22N2O2. The summed E-state index contributed by atoms with van der Waals surface area (Å²) >= 11 is 0. The van der Waals surface area contributed by atoms with Crippen molar-refractivity contribution in [1.82, 2.24) is 0 Å². The molecule has 4 N–H and O–H groups in total. The topological polar surface area (TPSA) is 75.3 Å². The number of rotatable bonds is 6. The molecule has 0 saturated heterocycles. The van der Waals surface area contributed by atoms with E-state index < -0.39 is 5.97 Å². The van der Waals surface area contributed by atoms with Gasteiger partial charge in [0.2, 0.25) is 0 Å². The second-order valence-electron chi connectivity index (χ2n) is 5.37. The Morgan fingerprint density at radius 1 is 1.44 bits per heavy atom. The van der Waals surface area contributed by atoms with Crippen LogP contribution in [0.15, 0.2) is 18.2 Å². The lowest BCUT2D eigenvalue weighted by molar-refractivity contribution is 0.0697. The summed E-state index contributed by atoms with van der Waals surface area (Å²) < 4.78 is 0. The summed E-state index contributed by atoms with van der Waals surface area (Å²) in [6.45, 7) is 7.38. The van der Waals surface area contributed by atoms with Crippen molar-refractivity contribution in [3.63, 3.8) is 0 Å². The van der Waals surface area contributed by atoms with Gasteiger partial charge >= 0.3 is 5.97 Å². The molecule has 4 heteroatoms. The van der Waals surface area contributed by atoms with E-state index in [4.69, 9.17) is 10.8 Å². The Morgan fingerprint density at radius 2 is 2.11 bits per heavy atom. The highest BCUT2D eigenvalue weighted by molar-refractivity contribution is 5.90. The van der Waals surface area contributed by atoms with Gasteiger partial charge in [0.25, 0.3) is 0 Å². The lowest BCUT2D eigenvalue weighted by Crippen LogP contribution is -2.23. The van der Waals surface area contributed by atoms with Crippen molar-refractivity contribution in [2.24, 2.45) is 5.41 Å². The number of nitrogen functional groups attached to an aromatic ring is 1. The zero-order valence-electron chi connectivity index (χ0n) is 11.3. The minimum atomic E-state index is -0.959. The van der Waals surface area contributed by atoms with Crippen LogP contribution < -0.4 is 11.1 Å². The molecule has 0 aromatic heterocycles. The predicted octanol–water partition coefficient (Wildman–Crippen LogP) is 3.21. The molecule has 0 fully saturated rings. The molecule has 1 aromatic carbocycles. The number of nitrogens with one attached hydrogen (secondary N) is 1. The molecule has 0 heterocycles. The summed E-state index contributed by atoms with van der Waals surface area (Å²) in [5, 5.41) is 12.1. The molecule has 0 aliphatic carbocycles. The first-order chi connectivity index (χ1) is 8.35. The third-order valence-corrected chi connectivity index (χ3v) is 2.98. The number of aromatic carboxylic acids is 1. The minimum absolute atomic E-state index is 0.201. The standard InChI is InChI=1S/C14H22N2O2/c1-4-7-14(2,3)9-16-12-6-5-10(13(17)18)8-11(12)15/h5-6,8,16H,4,7,9,15H2,1-3H3,(H,17,18). The Kier molecular flexibility index (Phi) is 4.59. The summed E-state index contributed by atoms with van der Waals surface area (Å²) in [5.74, 6) is -0.959. The van der Waals surface area contributed by atoms with Crippen molar-refractivity contribution in [1.29, 1.82) is 0 Å². The van der Waals surface area contributed by atoms with Crippen LogP contribution in [0.3, 0.4) is 0 Å². The molecule has 0 aliphatic heterocycles. The van der Waals surface area contributed by atoms with E-state index in [9.17, 15) is 4.79 Å². The number of carboxylic acid groups (broad SMARTS) is 1. The molecule has 0 atom stereocenters. The molecule has 0 saturated carbocycles. The fraction of sp³-hybridized carbons (Fsp3) is 0.500. The van der Waals surface area contributed by atoms with Gasteiger partial charge in [-0.15, -0.1) is 0 Å². The Labute approximate surface area is 108 Å². The molecule has 1 rings (SSSR count). The Hall–Kier alpha value is -1.71. The van der Waals surface area contributed by atoms with E-state index in [1.807, 2.05) is 0 Å². The number of carboxylic acids is 1. The highest BCUT2D eigenvalue weighted by atomic mass is 16.4. The second kappa shape index (κ2) is 5.76. The van der Waals surface area contributed by atoms with Crippen molar-refractivity contribution in [3.8, 4) is 0 Å². The number of benzene rings is 1.